The Balaban J connectivity index is 1.70. The summed E-state index contributed by atoms with van der Waals surface area (Å²) >= 11 is 0. The van der Waals surface area contributed by atoms with E-state index in [9.17, 15) is 0 Å². The standard InChI is InChI=1S/C33H58O3Si2/c1-22-26-16-17-27-25-15-14-23-20-24(35-37(10,11)29(2,3)4)21-33(34-22,36-38(12,13)30(5,6)7)32(23,9)28(25)18-19-31(26,27)8/h14-15,22,24,26-28H,16-21H2,1-13H3/t22?,24?,26-,27+,28+,31-,32+,33?/m1/s1. The van der Waals surface area contributed by atoms with Crippen LogP contribution in [0, 0.1) is 28.6 Å². The molecule has 3 nitrogen and oxygen atoms in total. The van der Waals surface area contributed by atoms with Crippen molar-refractivity contribution in [1.82, 2.24) is 0 Å². The topological polar surface area (TPSA) is 27.7 Å². The van der Waals surface area contributed by atoms with E-state index < -0.39 is 22.4 Å². The summed E-state index contributed by atoms with van der Waals surface area (Å²) in [4.78, 5) is 0. The lowest BCUT2D eigenvalue weighted by molar-refractivity contribution is -0.302. The third-order valence-electron chi connectivity index (χ3n) is 13.2. The summed E-state index contributed by atoms with van der Waals surface area (Å²) in [6.07, 6.45) is 12.4. The number of ether oxygens (including phenoxy) is 1. The highest BCUT2D eigenvalue weighted by atomic mass is 28.4. The summed E-state index contributed by atoms with van der Waals surface area (Å²) in [5.41, 5.74) is 3.43. The average Bonchev–Trinajstić information content (AvgIpc) is 3.10. The lowest BCUT2D eigenvalue weighted by atomic mass is 9.49. The van der Waals surface area contributed by atoms with Gasteiger partial charge in [-0.1, -0.05) is 78.7 Å². The Morgan fingerprint density at radius 2 is 1.50 bits per heavy atom. The van der Waals surface area contributed by atoms with Crippen LogP contribution in [0.4, 0.5) is 0 Å². The van der Waals surface area contributed by atoms with E-state index in [1.54, 1.807) is 5.57 Å². The monoisotopic (exact) mass is 558 g/mol. The Morgan fingerprint density at radius 1 is 0.868 bits per heavy atom. The van der Waals surface area contributed by atoms with Crippen molar-refractivity contribution in [3.05, 3.63) is 23.3 Å². The lowest BCUT2D eigenvalue weighted by Gasteiger charge is -2.63. The summed E-state index contributed by atoms with van der Waals surface area (Å²) in [7, 11) is -4.14. The molecule has 0 spiro atoms. The minimum atomic E-state index is -2.18. The molecule has 216 valence electrons. The highest BCUT2D eigenvalue weighted by Crippen LogP contribution is 2.70. The van der Waals surface area contributed by atoms with Crippen molar-refractivity contribution in [3.8, 4) is 0 Å². The van der Waals surface area contributed by atoms with Crippen molar-refractivity contribution in [1.29, 1.82) is 0 Å². The fourth-order valence-corrected chi connectivity index (χ4v) is 11.7. The van der Waals surface area contributed by atoms with Crippen LogP contribution in [0.3, 0.4) is 0 Å². The van der Waals surface area contributed by atoms with Gasteiger partial charge >= 0.3 is 0 Å². The molecule has 0 N–H and O–H groups in total. The Labute approximate surface area is 236 Å². The molecule has 0 radical (unpaired) electrons. The van der Waals surface area contributed by atoms with Crippen LogP contribution >= 0.6 is 0 Å². The highest BCUT2D eigenvalue weighted by molar-refractivity contribution is 6.74. The maximum Gasteiger partial charge on any atom is 0.195 e. The molecule has 5 fully saturated rings. The van der Waals surface area contributed by atoms with Gasteiger partial charge in [-0.05, 0) is 98.5 Å². The zero-order valence-electron chi connectivity index (χ0n) is 27.0. The van der Waals surface area contributed by atoms with E-state index in [-0.39, 0.29) is 27.7 Å². The van der Waals surface area contributed by atoms with Crippen molar-refractivity contribution >= 4 is 16.6 Å². The van der Waals surface area contributed by atoms with E-state index in [4.69, 9.17) is 13.6 Å². The van der Waals surface area contributed by atoms with Crippen LogP contribution in [0.1, 0.15) is 101 Å². The second-order valence-corrected chi connectivity index (χ2v) is 26.7. The molecule has 5 heteroatoms. The van der Waals surface area contributed by atoms with Gasteiger partial charge in [0.25, 0.3) is 0 Å². The zero-order valence-corrected chi connectivity index (χ0v) is 29.0. The molecular formula is C33H58O3Si2. The Bertz CT molecular complexity index is 1030. The van der Waals surface area contributed by atoms with Crippen molar-refractivity contribution < 1.29 is 13.6 Å². The van der Waals surface area contributed by atoms with Gasteiger partial charge in [-0.15, -0.1) is 0 Å². The molecule has 0 aromatic rings. The minimum absolute atomic E-state index is 0.108. The third kappa shape index (κ3) is 4.02. The van der Waals surface area contributed by atoms with E-state index in [0.717, 1.165) is 12.8 Å². The molecular weight excluding hydrogens is 501 g/mol. The van der Waals surface area contributed by atoms with Gasteiger partial charge in [-0.2, -0.15) is 0 Å². The van der Waals surface area contributed by atoms with Crippen LogP contribution in [-0.2, 0) is 13.6 Å². The normalized spacial score (nSPS) is 43.2. The number of hydrogen-bond acceptors (Lipinski definition) is 3. The van der Waals surface area contributed by atoms with Gasteiger partial charge in [0.15, 0.2) is 22.4 Å². The molecule has 6 bridgehead atoms. The second-order valence-electron chi connectivity index (χ2n) is 17.2. The summed E-state index contributed by atoms with van der Waals surface area (Å²) in [6, 6.07) is 0. The largest absolute Gasteiger partial charge is 0.413 e. The van der Waals surface area contributed by atoms with Gasteiger partial charge < -0.3 is 13.6 Å². The predicted molar refractivity (Wildman–Crippen MR) is 164 cm³/mol. The van der Waals surface area contributed by atoms with E-state index in [2.05, 4.69) is 101 Å². The first-order valence-corrected chi connectivity index (χ1v) is 21.5. The minimum Gasteiger partial charge on any atom is -0.413 e. The second kappa shape index (κ2) is 8.66. The Hall–Kier alpha value is -0.206. The van der Waals surface area contributed by atoms with Crippen molar-refractivity contribution in [2.45, 2.75) is 155 Å². The van der Waals surface area contributed by atoms with Crippen LogP contribution in [0.25, 0.3) is 0 Å². The van der Waals surface area contributed by atoms with Gasteiger partial charge in [0.05, 0.1) is 12.2 Å². The smallest absolute Gasteiger partial charge is 0.195 e. The summed E-state index contributed by atoms with van der Waals surface area (Å²) < 4.78 is 22.6. The summed E-state index contributed by atoms with van der Waals surface area (Å²) in [5.74, 6) is 1.12. The van der Waals surface area contributed by atoms with E-state index in [1.807, 2.05) is 0 Å². The first-order chi connectivity index (χ1) is 17.2. The Morgan fingerprint density at radius 3 is 2.11 bits per heavy atom. The van der Waals surface area contributed by atoms with Crippen molar-refractivity contribution in [2.75, 3.05) is 0 Å². The number of fused-ring (bicyclic) bond motifs is 2. The lowest BCUT2D eigenvalue weighted by Crippen LogP contribution is -2.66. The van der Waals surface area contributed by atoms with Crippen LogP contribution in [0.15, 0.2) is 23.3 Å². The summed E-state index contributed by atoms with van der Waals surface area (Å²) in [5, 5.41) is 0.283. The van der Waals surface area contributed by atoms with Gasteiger partial charge in [0, 0.05) is 11.8 Å². The number of rotatable bonds is 4. The molecule has 2 saturated heterocycles. The molecule has 6 aliphatic rings. The van der Waals surface area contributed by atoms with Gasteiger partial charge in [-0.3, -0.25) is 0 Å². The quantitative estimate of drug-likeness (QED) is 0.321. The molecule has 0 aromatic carbocycles. The predicted octanol–water partition coefficient (Wildman–Crippen LogP) is 9.62. The van der Waals surface area contributed by atoms with Gasteiger partial charge in [0.1, 0.15) is 0 Å². The van der Waals surface area contributed by atoms with Crippen molar-refractivity contribution in [3.63, 3.8) is 0 Å². The Kier molecular flexibility index (Phi) is 6.67. The molecule has 8 atom stereocenters. The first-order valence-electron chi connectivity index (χ1n) is 15.7. The zero-order chi connectivity index (χ0) is 28.3. The van der Waals surface area contributed by atoms with E-state index in [0.29, 0.717) is 23.2 Å². The molecule has 3 unspecified atom stereocenters. The van der Waals surface area contributed by atoms with Crippen LogP contribution in [0.2, 0.25) is 36.3 Å². The molecule has 4 aliphatic carbocycles. The fraction of sp³-hybridized carbons (Fsp3) is 0.879. The fourth-order valence-electron chi connectivity index (χ4n) is 8.84. The maximum atomic E-state index is 7.76. The molecule has 0 aromatic heterocycles. The third-order valence-corrected chi connectivity index (χ3v) is 22.2. The average molecular weight is 559 g/mol. The van der Waals surface area contributed by atoms with Crippen LogP contribution in [-0.4, -0.2) is 34.6 Å². The molecule has 2 heterocycles. The maximum absolute atomic E-state index is 7.76. The highest BCUT2D eigenvalue weighted by Gasteiger charge is 2.69. The number of hydrogen-bond donors (Lipinski definition) is 0. The summed E-state index contributed by atoms with van der Waals surface area (Å²) in [6.45, 7) is 31.4. The van der Waals surface area contributed by atoms with E-state index in [1.165, 1.54) is 31.3 Å². The van der Waals surface area contributed by atoms with Gasteiger partial charge in [-0.25, -0.2) is 0 Å². The van der Waals surface area contributed by atoms with E-state index >= 15 is 0 Å². The molecule has 3 saturated carbocycles. The van der Waals surface area contributed by atoms with Crippen LogP contribution < -0.4 is 0 Å². The molecule has 2 aliphatic heterocycles. The van der Waals surface area contributed by atoms with Gasteiger partial charge in [0.2, 0.25) is 0 Å². The number of allylic oxidation sites excluding steroid dienone is 3. The SMILES string of the molecule is CC1OC2(O[Si](C)(C)C(C)(C)C)CC(O[Si](C)(C)C(C)(C)C)CC3=CC=C4[C@@H]5CC[C@H]1[C@@]5(C)CC[C@@H]4[C@]32C. The molecule has 38 heavy (non-hydrogen) atoms. The van der Waals surface area contributed by atoms with Crippen LogP contribution in [0.5, 0.6) is 0 Å². The molecule has 6 rings (SSSR count). The van der Waals surface area contributed by atoms with Crippen molar-refractivity contribution in [2.24, 2.45) is 28.6 Å². The first kappa shape index (κ1) is 29.3. The molecule has 0 amide bonds.